The van der Waals surface area contributed by atoms with Crippen LogP contribution in [0.4, 0.5) is 5.69 Å². The van der Waals surface area contributed by atoms with Crippen LogP contribution in [0.25, 0.3) is 0 Å². The van der Waals surface area contributed by atoms with Gasteiger partial charge in [-0.15, -0.1) is 0 Å². The Morgan fingerprint density at radius 3 is 2.00 bits per heavy atom. The lowest BCUT2D eigenvalue weighted by molar-refractivity contribution is 0.862. The summed E-state index contributed by atoms with van der Waals surface area (Å²) in [6.45, 7) is 11.0. The first-order valence-electron chi connectivity index (χ1n) is 7.44. The molecule has 0 bridgehead atoms. The molecule has 1 atom stereocenters. The van der Waals surface area contributed by atoms with Gasteiger partial charge in [-0.3, -0.25) is 0 Å². The smallest absolute Gasteiger partial charge is 0.0490 e. The molecule has 2 aromatic carbocycles. The van der Waals surface area contributed by atoms with E-state index < -0.39 is 0 Å². The number of benzene rings is 2. The summed E-state index contributed by atoms with van der Waals surface area (Å²) >= 11 is 0. The Labute approximate surface area is 123 Å². The lowest BCUT2D eigenvalue weighted by atomic mass is 9.94. The summed E-state index contributed by atoms with van der Waals surface area (Å²) in [5.74, 6) is 0. The molecule has 0 radical (unpaired) electrons. The molecule has 2 rings (SSSR count). The number of aryl methyl sites for hydroxylation is 4. The maximum absolute atomic E-state index is 3.61. The van der Waals surface area contributed by atoms with E-state index in [0.717, 1.165) is 6.42 Å². The van der Waals surface area contributed by atoms with Crippen molar-refractivity contribution >= 4 is 5.69 Å². The van der Waals surface area contributed by atoms with E-state index in [1.807, 2.05) is 0 Å². The molecule has 2 aromatic rings. The van der Waals surface area contributed by atoms with Gasteiger partial charge in [-0.05, 0) is 68.5 Å². The van der Waals surface area contributed by atoms with Gasteiger partial charge in [-0.1, -0.05) is 36.8 Å². The van der Waals surface area contributed by atoms with Gasteiger partial charge >= 0.3 is 0 Å². The third-order valence-electron chi connectivity index (χ3n) is 3.92. The maximum Gasteiger partial charge on any atom is 0.0490 e. The van der Waals surface area contributed by atoms with E-state index in [0.29, 0.717) is 6.04 Å². The van der Waals surface area contributed by atoms with Gasteiger partial charge < -0.3 is 5.32 Å². The fraction of sp³-hybridized carbons (Fsp3) is 0.368. The zero-order chi connectivity index (χ0) is 14.7. The summed E-state index contributed by atoms with van der Waals surface area (Å²) in [4.78, 5) is 0. The monoisotopic (exact) mass is 267 g/mol. The molecular weight excluding hydrogens is 242 g/mol. The Morgan fingerprint density at radius 2 is 1.50 bits per heavy atom. The second-order valence-corrected chi connectivity index (χ2v) is 5.73. The quantitative estimate of drug-likeness (QED) is 0.787. The van der Waals surface area contributed by atoms with Gasteiger partial charge in [0, 0.05) is 11.7 Å². The molecule has 0 aliphatic rings. The minimum Gasteiger partial charge on any atom is -0.379 e. The Bertz CT molecular complexity index is 558. The molecule has 106 valence electrons. The molecule has 0 aliphatic heterocycles. The molecule has 0 aromatic heterocycles. The lowest BCUT2D eigenvalue weighted by Crippen LogP contribution is -2.10. The van der Waals surface area contributed by atoms with Crippen LogP contribution in [-0.4, -0.2) is 0 Å². The van der Waals surface area contributed by atoms with E-state index in [2.05, 4.69) is 76.3 Å². The predicted octanol–water partition coefficient (Wildman–Crippen LogP) is 5.35. The third kappa shape index (κ3) is 3.22. The fourth-order valence-electron chi connectivity index (χ4n) is 3.03. The Hall–Kier alpha value is -1.76. The molecule has 1 N–H and O–H groups in total. The first-order chi connectivity index (χ1) is 9.51. The van der Waals surface area contributed by atoms with Gasteiger partial charge in [0.2, 0.25) is 0 Å². The molecule has 0 amide bonds. The van der Waals surface area contributed by atoms with Crippen molar-refractivity contribution in [2.75, 3.05) is 5.32 Å². The van der Waals surface area contributed by atoms with Crippen LogP contribution < -0.4 is 5.32 Å². The summed E-state index contributed by atoms with van der Waals surface area (Å²) in [6, 6.07) is 13.6. The van der Waals surface area contributed by atoms with Crippen LogP contribution in [0.1, 0.15) is 47.7 Å². The number of hydrogen-bond acceptors (Lipinski definition) is 1. The van der Waals surface area contributed by atoms with Gasteiger partial charge in [0.15, 0.2) is 0 Å². The molecule has 0 aliphatic carbocycles. The van der Waals surface area contributed by atoms with Crippen LogP contribution in [0.3, 0.4) is 0 Å². The lowest BCUT2D eigenvalue weighted by Gasteiger charge is -2.21. The zero-order valence-electron chi connectivity index (χ0n) is 13.2. The van der Waals surface area contributed by atoms with Crippen LogP contribution in [0, 0.1) is 20.8 Å². The van der Waals surface area contributed by atoms with Crippen molar-refractivity contribution in [3.8, 4) is 0 Å². The molecule has 0 saturated heterocycles. The highest BCUT2D eigenvalue weighted by Crippen LogP contribution is 2.26. The largest absolute Gasteiger partial charge is 0.379 e. The minimum atomic E-state index is 0.322. The van der Waals surface area contributed by atoms with Crippen molar-refractivity contribution in [1.29, 1.82) is 0 Å². The molecule has 1 heteroatoms. The number of rotatable bonds is 4. The number of hydrogen-bond donors (Lipinski definition) is 1. The maximum atomic E-state index is 3.61. The van der Waals surface area contributed by atoms with E-state index in [-0.39, 0.29) is 0 Å². The van der Waals surface area contributed by atoms with Crippen LogP contribution >= 0.6 is 0 Å². The van der Waals surface area contributed by atoms with Gasteiger partial charge in [0.1, 0.15) is 0 Å². The van der Waals surface area contributed by atoms with Gasteiger partial charge in [0.25, 0.3) is 0 Å². The van der Waals surface area contributed by atoms with E-state index >= 15 is 0 Å². The summed E-state index contributed by atoms with van der Waals surface area (Å²) in [6.07, 6.45) is 1.09. The number of anilines is 1. The Kier molecular flexibility index (Phi) is 4.49. The van der Waals surface area contributed by atoms with E-state index in [1.165, 1.54) is 33.5 Å². The van der Waals surface area contributed by atoms with E-state index in [1.54, 1.807) is 0 Å². The zero-order valence-corrected chi connectivity index (χ0v) is 13.2. The predicted molar refractivity (Wildman–Crippen MR) is 88.5 cm³/mol. The molecular formula is C19H25N. The summed E-state index contributed by atoms with van der Waals surface area (Å²) < 4.78 is 0. The molecule has 0 fully saturated rings. The normalized spacial score (nSPS) is 12.2. The van der Waals surface area contributed by atoms with E-state index in [4.69, 9.17) is 0 Å². The molecule has 20 heavy (non-hydrogen) atoms. The van der Waals surface area contributed by atoms with Gasteiger partial charge in [0.05, 0.1) is 0 Å². The fourth-order valence-corrected chi connectivity index (χ4v) is 3.03. The summed E-state index contributed by atoms with van der Waals surface area (Å²) in [7, 11) is 0. The van der Waals surface area contributed by atoms with Crippen molar-refractivity contribution in [2.24, 2.45) is 0 Å². The highest BCUT2D eigenvalue weighted by atomic mass is 14.9. The van der Waals surface area contributed by atoms with Crippen LogP contribution in [0.15, 0.2) is 36.4 Å². The SMILES string of the molecule is CCc1ccc(NC(C)c2c(C)cc(C)cc2C)cc1. The second kappa shape index (κ2) is 6.13. The third-order valence-corrected chi connectivity index (χ3v) is 3.92. The first kappa shape index (κ1) is 14.6. The van der Waals surface area contributed by atoms with Crippen LogP contribution in [0.2, 0.25) is 0 Å². The van der Waals surface area contributed by atoms with Crippen LogP contribution in [-0.2, 0) is 6.42 Å². The summed E-state index contributed by atoms with van der Waals surface area (Å²) in [5.41, 5.74) is 8.05. The Morgan fingerprint density at radius 1 is 0.950 bits per heavy atom. The Balaban J connectivity index is 2.21. The highest BCUT2D eigenvalue weighted by molar-refractivity contribution is 5.49. The standard InChI is InChI=1S/C19H25N/c1-6-17-7-9-18(10-8-17)20-16(5)19-14(3)11-13(2)12-15(19)4/h7-12,16,20H,6H2,1-5H3. The molecule has 1 unspecified atom stereocenters. The van der Waals surface area contributed by atoms with Gasteiger partial charge in [-0.2, -0.15) is 0 Å². The van der Waals surface area contributed by atoms with Crippen molar-refractivity contribution in [1.82, 2.24) is 0 Å². The van der Waals surface area contributed by atoms with Crippen molar-refractivity contribution < 1.29 is 0 Å². The molecule has 1 nitrogen and oxygen atoms in total. The second-order valence-electron chi connectivity index (χ2n) is 5.73. The van der Waals surface area contributed by atoms with Crippen molar-refractivity contribution in [3.05, 3.63) is 64.2 Å². The highest BCUT2D eigenvalue weighted by Gasteiger charge is 2.11. The van der Waals surface area contributed by atoms with Crippen molar-refractivity contribution in [3.63, 3.8) is 0 Å². The topological polar surface area (TPSA) is 12.0 Å². The minimum absolute atomic E-state index is 0.322. The summed E-state index contributed by atoms with van der Waals surface area (Å²) in [5, 5.41) is 3.61. The van der Waals surface area contributed by atoms with Crippen molar-refractivity contribution in [2.45, 2.75) is 47.1 Å². The van der Waals surface area contributed by atoms with Crippen LogP contribution in [0.5, 0.6) is 0 Å². The van der Waals surface area contributed by atoms with E-state index in [9.17, 15) is 0 Å². The molecule has 0 saturated carbocycles. The molecule has 0 heterocycles. The first-order valence-corrected chi connectivity index (χ1v) is 7.44. The number of nitrogens with one attached hydrogen (secondary N) is 1. The van der Waals surface area contributed by atoms with Gasteiger partial charge in [-0.25, -0.2) is 0 Å². The average molecular weight is 267 g/mol. The molecule has 0 spiro atoms. The average Bonchev–Trinajstić information content (AvgIpc) is 2.38.